The Morgan fingerprint density at radius 1 is 0.449 bits per heavy atom. The van der Waals surface area contributed by atoms with Crippen molar-refractivity contribution in [2.24, 2.45) is 0 Å². The van der Waals surface area contributed by atoms with E-state index >= 15 is 0 Å². The summed E-state index contributed by atoms with van der Waals surface area (Å²) in [5.41, 5.74) is 24.1. The Bertz CT molecular complexity index is 3340. The number of allylic oxidation sites excluding steroid dienone is 4. The first kappa shape index (κ1) is 42.4. The molecule has 0 radical (unpaired) electrons. The van der Waals surface area contributed by atoms with E-state index in [1.165, 1.54) is 89.0 Å². The van der Waals surface area contributed by atoms with E-state index in [4.69, 9.17) is 0 Å². The summed E-state index contributed by atoms with van der Waals surface area (Å²) in [6, 6.07) is 81.1. The predicted molar refractivity (Wildman–Crippen MR) is 292 cm³/mol. The standard InChI is InChI=1S/C68H55N/c1-3-67(4-2)64-46-48(32-34-53-24-19-31-63-66(53)61-29-17-18-30-62(61)68(63,54-25-13-7-14-26-54)55-27-15-8-16-28-55)33-44-59(64)60-45-43-58(47-65(60)67)69(56-39-35-51(36-40-56)49-20-9-5-10-21-49)57-41-37-52(38-42-57)50-22-11-6-12-23-50/h5-15,17-27,29-47H,3-4,16,28H2,1-2H3/b34-32+. The van der Waals surface area contributed by atoms with Gasteiger partial charge in [0.2, 0.25) is 0 Å². The van der Waals surface area contributed by atoms with Crippen LogP contribution in [0, 0.1) is 0 Å². The molecule has 0 saturated carbocycles. The molecule has 0 amide bonds. The summed E-state index contributed by atoms with van der Waals surface area (Å²) < 4.78 is 0. The fraction of sp³-hybridized carbons (Fsp3) is 0.118. The average molecular weight is 886 g/mol. The summed E-state index contributed by atoms with van der Waals surface area (Å²) in [5.74, 6) is 0. The Morgan fingerprint density at radius 3 is 1.62 bits per heavy atom. The van der Waals surface area contributed by atoms with Crippen LogP contribution in [0.4, 0.5) is 17.1 Å². The Kier molecular flexibility index (Phi) is 10.8. The van der Waals surface area contributed by atoms with Crippen molar-refractivity contribution < 1.29 is 0 Å². The monoisotopic (exact) mass is 885 g/mol. The highest BCUT2D eigenvalue weighted by Gasteiger charge is 2.47. The molecule has 3 aliphatic rings. The normalized spacial score (nSPS) is 16.1. The molecular weight excluding hydrogens is 831 g/mol. The fourth-order valence-corrected chi connectivity index (χ4v) is 12.2. The van der Waals surface area contributed by atoms with Crippen LogP contribution in [0.3, 0.4) is 0 Å². The Hall–Kier alpha value is -8.00. The summed E-state index contributed by atoms with van der Waals surface area (Å²) in [6.07, 6.45) is 15.8. The molecular formula is C68H55N. The summed E-state index contributed by atoms with van der Waals surface area (Å²) in [7, 11) is 0. The smallest absolute Gasteiger partial charge is 0.0676 e. The highest BCUT2D eigenvalue weighted by molar-refractivity contribution is 5.94. The van der Waals surface area contributed by atoms with E-state index in [0.717, 1.165) is 42.7 Å². The van der Waals surface area contributed by atoms with Crippen LogP contribution in [0.5, 0.6) is 0 Å². The first-order valence-electron chi connectivity index (χ1n) is 24.8. The van der Waals surface area contributed by atoms with Gasteiger partial charge in [0.05, 0.1) is 5.41 Å². The van der Waals surface area contributed by atoms with Crippen LogP contribution in [0.25, 0.3) is 56.7 Å². The van der Waals surface area contributed by atoms with Crippen molar-refractivity contribution in [3.63, 3.8) is 0 Å². The van der Waals surface area contributed by atoms with E-state index in [1.807, 2.05) is 0 Å². The van der Waals surface area contributed by atoms with Gasteiger partial charge in [0.1, 0.15) is 0 Å². The Balaban J connectivity index is 0.930. The van der Waals surface area contributed by atoms with E-state index in [1.54, 1.807) is 0 Å². The molecule has 0 heterocycles. The molecule has 3 aliphatic carbocycles. The first-order valence-corrected chi connectivity index (χ1v) is 24.8. The molecule has 0 saturated heterocycles. The molecule has 69 heavy (non-hydrogen) atoms. The minimum atomic E-state index is -0.339. The zero-order valence-electron chi connectivity index (χ0n) is 39.4. The molecule has 9 aromatic carbocycles. The maximum Gasteiger partial charge on any atom is 0.0676 e. The number of fused-ring (bicyclic) bond motifs is 6. The molecule has 0 N–H and O–H groups in total. The minimum Gasteiger partial charge on any atom is -0.310 e. The topological polar surface area (TPSA) is 3.24 Å². The van der Waals surface area contributed by atoms with Crippen molar-refractivity contribution >= 4 is 29.2 Å². The maximum atomic E-state index is 2.50. The predicted octanol–water partition coefficient (Wildman–Crippen LogP) is 18.3. The largest absolute Gasteiger partial charge is 0.310 e. The van der Waals surface area contributed by atoms with Crippen LogP contribution in [0.15, 0.2) is 242 Å². The molecule has 0 aromatic heterocycles. The van der Waals surface area contributed by atoms with E-state index < -0.39 is 0 Å². The molecule has 0 bridgehead atoms. The van der Waals surface area contributed by atoms with Crippen molar-refractivity contribution in [1.82, 2.24) is 0 Å². The number of nitrogens with zero attached hydrogens (tertiary/aromatic N) is 1. The van der Waals surface area contributed by atoms with Gasteiger partial charge >= 0.3 is 0 Å². The van der Waals surface area contributed by atoms with Crippen LogP contribution >= 0.6 is 0 Å². The van der Waals surface area contributed by atoms with Gasteiger partial charge in [0.25, 0.3) is 0 Å². The van der Waals surface area contributed by atoms with Crippen molar-refractivity contribution in [2.75, 3.05) is 4.90 Å². The van der Waals surface area contributed by atoms with Crippen LogP contribution < -0.4 is 4.90 Å². The molecule has 1 atom stereocenters. The van der Waals surface area contributed by atoms with Gasteiger partial charge in [0, 0.05) is 22.5 Å². The third-order valence-electron chi connectivity index (χ3n) is 15.6. The summed E-state index contributed by atoms with van der Waals surface area (Å²) in [5, 5.41) is 0. The van der Waals surface area contributed by atoms with Gasteiger partial charge in [-0.25, -0.2) is 0 Å². The van der Waals surface area contributed by atoms with Gasteiger partial charge in [-0.3, -0.25) is 0 Å². The number of benzene rings is 9. The average Bonchev–Trinajstić information content (AvgIpc) is 3.89. The lowest BCUT2D eigenvalue weighted by Gasteiger charge is -2.36. The lowest BCUT2D eigenvalue weighted by molar-refractivity contribution is 0.490. The van der Waals surface area contributed by atoms with Crippen molar-refractivity contribution in [3.05, 3.63) is 281 Å². The Labute approximate surface area is 408 Å². The highest BCUT2D eigenvalue weighted by atomic mass is 15.1. The molecule has 332 valence electrons. The van der Waals surface area contributed by atoms with Gasteiger partial charge in [-0.05, 0) is 146 Å². The highest BCUT2D eigenvalue weighted by Crippen LogP contribution is 2.59. The van der Waals surface area contributed by atoms with E-state index in [9.17, 15) is 0 Å². The van der Waals surface area contributed by atoms with Gasteiger partial charge in [0.15, 0.2) is 0 Å². The summed E-state index contributed by atoms with van der Waals surface area (Å²) >= 11 is 0. The van der Waals surface area contributed by atoms with Gasteiger partial charge in [-0.2, -0.15) is 0 Å². The third kappa shape index (κ3) is 6.98. The lowest BCUT2D eigenvalue weighted by atomic mass is 9.65. The Morgan fingerprint density at radius 2 is 1.00 bits per heavy atom. The number of anilines is 3. The van der Waals surface area contributed by atoms with Gasteiger partial charge in [-0.15, -0.1) is 0 Å². The quantitative estimate of drug-likeness (QED) is 0.117. The second kappa shape index (κ2) is 17.6. The van der Waals surface area contributed by atoms with E-state index in [0.29, 0.717) is 0 Å². The SMILES string of the molecule is CCC1(CC)c2cc(/C=C/c3cccc4c3-c3ccccc3C4(C3=CC=CCC3)c3ccccc3)ccc2-c2ccc(N(c3ccc(-c4ccccc4)cc3)c3ccc(-c4ccccc4)cc3)cc21. The maximum absolute atomic E-state index is 2.50. The van der Waals surface area contributed by atoms with Gasteiger partial charge in [-0.1, -0.05) is 232 Å². The molecule has 1 nitrogen and oxygen atoms in total. The molecule has 12 rings (SSSR count). The van der Waals surface area contributed by atoms with E-state index in [-0.39, 0.29) is 10.8 Å². The zero-order chi connectivity index (χ0) is 46.4. The van der Waals surface area contributed by atoms with Gasteiger partial charge < -0.3 is 4.90 Å². The van der Waals surface area contributed by atoms with Crippen LogP contribution in [0.1, 0.15) is 78.5 Å². The molecule has 1 heteroatoms. The van der Waals surface area contributed by atoms with Crippen LogP contribution in [-0.4, -0.2) is 0 Å². The second-order valence-electron chi connectivity index (χ2n) is 18.9. The van der Waals surface area contributed by atoms with Crippen molar-refractivity contribution in [1.29, 1.82) is 0 Å². The number of hydrogen-bond acceptors (Lipinski definition) is 1. The zero-order valence-corrected chi connectivity index (χ0v) is 39.4. The second-order valence-corrected chi connectivity index (χ2v) is 18.9. The number of hydrogen-bond donors (Lipinski definition) is 0. The van der Waals surface area contributed by atoms with Crippen LogP contribution in [0.2, 0.25) is 0 Å². The summed E-state index contributed by atoms with van der Waals surface area (Å²) in [6.45, 7) is 4.75. The van der Waals surface area contributed by atoms with Crippen LogP contribution in [-0.2, 0) is 10.8 Å². The van der Waals surface area contributed by atoms with Crippen molar-refractivity contribution in [2.45, 2.75) is 50.4 Å². The van der Waals surface area contributed by atoms with E-state index in [2.05, 4.69) is 268 Å². The van der Waals surface area contributed by atoms with Crippen molar-refractivity contribution in [3.8, 4) is 44.5 Å². The molecule has 0 spiro atoms. The summed E-state index contributed by atoms with van der Waals surface area (Å²) in [4.78, 5) is 2.43. The molecule has 9 aromatic rings. The molecule has 0 fully saturated rings. The fourth-order valence-electron chi connectivity index (χ4n) is 12.2. The molecule has 1 unspecified atom stereocenters. The lowest BCUT2D eigenvalue weighted by Crippen LogP contribution is -2.30. The minimum absolute atomic E-state index is 0.130. The number of rotatable bonds is 11. The third-order valence-corrected chi connectivity index (χ3v) is 15.6. The molecule has 0 aliphatic heterocycles. The first-order chi connectivity index (χ1) is 34.1.